The van der Waals surface area contributed by atoms with Crippen LogP contribution in [0.1, 0.15) is 24.0 Å². The zero-order chi connectivity index (χ0) is 15.2. The van der Waals surface area contributed by atoms with Gasteiger partial charge in [-0.3, -0.25) is 0 Å². The number of aryl methyl sites for hydroxylation is 2. The van der Waals surface area contributed by atoms with Crippen molar-refractivity contribution < 1.29 is 0 Å². The molecule has 3 fully saturated rings. The Hall–Kier alpha value is -1.80. The lowest BCUT2D eigenvalue weighted by molar-refractivity contribution is 0.0894. The molecule has 118 valence electrons. The highest BCUT2D eigenvalue weighted by Crippen LogP contribution is 2.42. The summed E-state index contributed by atoms with van der Waals surface area (Å²) in [7, 11) is 0. The second kappa shape index (κ2) is 5.38. The molecular weight excluding hydrogens is 284 g/mol. The smallest absolute Gasteiger partial charge is 0.0498 e. The first-order valence-corrected chi connectivity index (χ1v) is 9.07. The van der Waals surface area contributed by atoms with Gasteiger partial charge in [-0.05, 0) is 68.0 Å². The number of rotatable bonds is 1. The van der Waals surface area contributed by atoms with Crippen molar-refractivity contribution in [1.82, 2.24) is 4.90 Å². The molecule has 0 aliphatic carbocycles. The van der Waals surface area contributed by atoms with Crippen molar-refractivity contribution in [2.75, 3.05) is 24.5 Å². The summed E-state index contributed by atoms with van der Waals surface area (Å²) in [5, 5.41) is 0. The molecule has 1 atom stereocenters. The largest absolute Gasteiger partial charge is 0.336 e. The Balaban J connectivity index is 1.66. The zero-order valence-electron chi connectivity index (χ0n) is 13.6. The molecule has 6 rings (SSSR count). The molecular formula is C21H24N2. The fraction of sp³-hybridized carbons (Fsp3) is 0.429. The third-order valence-corrected chi connectivity index (χ3v) is 6.12. The second-order valence-corrected chi connectivity index (χ2v) is 7.33. The number of nitrogens with zero attached hydrogens (tertiary/aromatic N) is 2. The summed E-state index contributed by atoms with van der Waals surface area (Å²) in [6.45, 7) is 3.84. The van der Waals surface area contributed by atoms with E-state index in [0.717, 1.165) is 18.8 Å². The van der Waals surface area contributed by atoms with Crippen LogP contribution < -0.4 is 4.90 Å². The monoisotopic (exact) mass is 308 g/mol. The topological polar surface area (TPSA) is 6.48 Å². The molecule has 2 heteroatoms. The number of anilines is 2. The Labute approximate surface area is 138 Å². The first-order valence-electron chi connectivity index (χ1n) is 9.07. The molecule has 4 aliphatic rings. The summed E-state index contributed by atoms with van der Waals surface area (Å²) in [6, 6.07) is 18.8. The minimum Gasteiger partial charge on any atom is -0.336 e. The first kappa shape index (κ1) is 13.6. The van der Waals surface area contributed by atoms with E-state index in [-0.39, 0.29) is 0 Å². The molecule has 2 aromatic rings. The summed E-state index contributed by atoms with van der Waals surface area (Å²) in [5.74, 6) is 0.846. The van der Waals surface area contributed by atoms with Gasteiger partial charge >= 0.3 is 0 Å². The van der Waals surface area contributed by atoms with Gasteiger partial charge in [0, 0.05) is 24.0 Å². The Kier molecular flexibility index (Phi) is 3.19. The third kappa shape index (κ3) is 2.20. The highest BCUT2D eigenvalue weighted by Gasteiger charge is 2.39. The van der Waals surface area contributed by atoms with Crippen molar-refractivity contribution in [1.29, 1.82) is 0 Å². The summed E-state index contributed by atoms with van der Waals surface area (Å²) in [6.07, 6.45) is 5.05. The van der Waals surface area contributed by atoms with E-state index in [4.69, 9.17) is 0 Å². The number of fused-ring (bicyclic) bond motifs is 5. The zero-order valence-corrected chi connectivity index (χ0v) is 13.6. The van der Waals surface area contributed by atoms with E-state index >= 15 is 0 Å². The van der Waals surface area contributed by atoms with E-state index in [1.165, 1.54) is 55.0 Å². The predicted molar refractivity (Wildman–Crippen MR) is 95.4 cm³/mol. The van der Waals surface area contributed by atoms with Crippen molar-refractivity contribution >= 4 is 11.4 Å². The van der Waals surface area contributed by atoms with Crippen LogP contribution in [0.5, 0.6) is 0 Å². The van der Waals surface area contributed by atoms with Gasteiger partial charge in [0.15, 0.2) is 0 Å². The van der Waals surface area contributed by atoms with Gasteiger partial charge < -0.3 is 9.80 Å². The second-order valence-electron chi connectivity index (χ2n) is 7.33. The summed E-state index contributed by atoms with van der Waals surface area (Å²) in [4.78, 5) is 5.37. The number of hydrogen-bond donors (Lipinski definition) is 0. The highest BCUT2D eigenvalue weighted by atomic mass is 15.4. The van der Waals surface area contributed by atoms with Gasteiger partial charge in [-0.2, -0.15) is 0 Å². The van der Waals surface area contributed by atoms with Crippen LogP contribution in [0.4, 0.5) is 11.4 Å². The minimum absolute atomic E-state index is 0.637. The molecule has 3 saturated heterocycles. The normalized spacial score (nSPS) is 28.9. The van der Waals surface area contributed by atoms with E-state index in [1.54, 1.807) is 0 Å². The molecule has 0 aromatic heterocycles. The van der Waals surface area contributed by atoms with Crippen LogP contribution in [0.2, 0.25) is 0 Å². The molecule has 4 heterocycles. The average Bonchev–Trinajstić information content (AvgIpc) is 2.79. The van der Waals surface area contributed by atoms with Gasteiger partial charge in [0.25, 0.3) is 0 Å². The Morgan fingerprint density at radius 1 is 0.783 bits per heavy atom. The van der Waals surface area contributed by atoms with Crippen molar-refractivity contribution in [2.24, 2.45) is 5.92 Å². The lowest BCUT2D eigenvalue weighted by Crippen LogP contribution is -2.56. The molecule has 2 bridgehead atoms. The Morgan fingerprint density at radius 3 is 1.87 bits per heavy atom. The lowest BCUT2D eigenvalue weighted by Gasteiger charge is -2.50. The number of hydrogen-bond acceptors (Lipinski definition) is 2. The minimum atomic E-state index is 0.637. The van der Waals surface area contributed by atoms with Crippen molar-refractivity contribution in [3.63, 3.8) is 0 Å². The molecule has 0 spiro atoms. The van der Waals surface area contributed by atoms with Gasteiger partial charge in [0.05, 0.1) is 0 Å². The van der Waals surface area contributed by atoms with Gasteiger partial charge in [-0.25, -0.2) is 0 Å². The van der Waals surface area contributed by atoms with Crippen LogP contribution in [0.25, 0.3) is 0 Å². The van der Waals surface area contributed by atoms with E-state index < -0.39 is 0 Å². The molecule has 4 aliphatic heterocycles. The molecule has 23 heavy (non-hydrogen) atoms. The Bertz CT molecular complexity index is 668. The summed E-state index contributed by atoms with van der Waals surface area (Å²) in [5.41, 5.74) is 5.94. The SMILES string of the molecule is c1ccc2c(c1)[14CH2][14CH2]c1ccccc1N2C1CN2CCC1CC2. The van der Waals surface area contributed by atoms with E-state index in [1.807, 2.05) is 0 Å². The van der Waals surface area contributed by atoms with Crippen molar-refractivity contribution in [2.45, 2.75) is 31.7 Å². The third-order valence-electron chi connectivity index (χ3n) is 6.12. The molecule has 0 saturated carbocycles. The van der Waals surface area contributed by atoms with Gasteiger partial charge in [-0.1, -0.05) is 36.4 Å². The summed E-state index contributed by atoms with van der Waals surface area (Å²) >= 11 is 0. The van der Waals surface area contributed by atoms with E-state index in [9.17, 15) is 0 Å². The number of benzene rings is 2. The molecule has 1 unspecified atom stereocenters. The maximum Gasteiger partial charge on any atom is 0.0498 e. The van der Waals surface area contributed by atoms with Crippen LogP contribution in [0.3, 0.4) is 0 Å². The van der Waals surface area contributed by atoms with Gasteiger partial charge in [0.2, 0.25) is 0 Å². The maximum absolute atomic E-state index is 2.70. The van der Waals surface area contributed by atoms with Crippen LogP contribution in [-0.2, 0) is 12.8 Å². The molecule has 0 N–H and O–H groups in total. The number of piperidine rings is 3. The quantitative estimate of drug-likeness (QED) is 0.785. The highest BCUT2D eigenvalue weighted by molar-refractivity contribution is 5.72. The van der Waals surface area contributed by atoms with Gasteiger partial charge in [-0.15, -0.1) is 0 Å². The van der Waals surface area contributed by atoms with Crippen LogP contribution >= 0.6 is 0 Å². The molecule has 2 nitrogen and oxygen atoms in total. The van der Waals surface area contributed by atoms with Gasteiger partial charge in [0.1, 0.15) is 0 Å². The average molecular weight is 308 g/mol. The Morgan fingerprint density at radius 2 is 1.35 bits per heavy atom. The number of para-hydroxylation sites is 2. The first-order chi connectivity index (χ1) is 11.4. The van der Waals surface area contributed by atoms with E-state index in [0.29, 0.717) is 6.04 Å². The fourth-order valence-electron chi connectivity index (χ4n) is 4.90. The van der Waals surface area contributed by atoms with E-state index in [2.05, 4.69) is 58.3 Å². The fourth-order valence-corrected chi connectivity index (χ4v) is 4.90. The molecule has 0 amide bonds. The standard InChI is InChI=1S/C21H24N2/c1-3-7-19-16(5-1)9-10-17-6-2-4-8-20(17)23(19)21-15-22-13-11-18(21)12-14-22/h1-8,18,21H,9-15H2/i9+2,10+2. The van der Waals surface area contributed by atoms with Crippen molar-refractivity contribution in [3.8, 4) is 0 Å². The predicted octanol–water partition coefficient (Wildman–Crippen LogP) is 4.02. The molecule has 2 aromatic carbocycles. The van der Waals surface area contributed by atoms with Crippen LogP contribution in [-0.4, -0.2) is 30.6 Å². The maximum atomic E-state index is 2.70. The van der Waals surface area contributed by atoms with Crippen LogP contribution in [0, 0.1) is 5.92 Å². The van der Waals surface area contributed by atoms with Crippen molar-refractivity contribution in [3.05, 3.63) is 59.7 Å². The summed E-state index contributed by atoms with van der Waals surface area (Å²) < 4.78 is 0. The van der Waals surface area contributed by atoms with Crippen LogP contribution in [0.15, 0.2) is 48.5 Å². The molecule has 0 radical (unpaired) electrons. The lowest BCUT2D eigenvalue weighted by atomic mass is 9.82.